The van der Waals surface area contributed by atoms with Crippen molar-refractivity contribution in [2.75, 3.05) is 17.1 Å². The van der Waals surface area contributed by atoms with Gasteiger partial charge in [-0.1, -0.05) is 29.3 Å². The van der Waals surface area contributed by atoms with Crippen molar-refractivity contribution < 1.29 is 8.42 Å². The van der Waals surface area contributed by atoms with E-state index in [1.165, 1.54) is 18.3 Å². The smallest absolute Gasteiger partial charge is 0.265 e. The molecule has 0 aliphatic carbocycles. The van der Waals surface area contributed by atoms with E-state index in [0.29, 0.717) is 0 Å². The van der Waals surface area contributed by atoms with E-state index in [9.17, 15) is 8.42 Å². The van der Waals surface area contributed by atoms with Crippen LogP contribution in [0.3, 0.4) is 0 Å². The van der Waals surface area contributed by atoms with Gasteiger partial charge in [0, 0.05) is 13.2 Å². The SMILES string of the molecule is CNc1ncccc1S(=O)(=O)Nc1c(Cl)ccc(C)c1Cl. The Bertz CT molecular complexity index is 779. The monoisotopic (exact) mass is 345 g/mol. The molecule has 0 atom stereocenters. The molecule has 112 valence electrons. The number of hydrogen-bond donors (Lipinski definition) is 2. The van der Waals surface area contributed by atoms with Crippen LogP contribution in [0.1, 0.15) is 5.56 Å². The van der Waals surface area contributed by atoms with Gasteiger partial charge in [0.2, 0.25) is 0 Å². The summed E-state index contributed by atoms with van der Waals surface area (Å²) in [4.78, 5) is 3.99. The first-order valence-corrected chi connectivity index (χ1v) is 8.21. The first-order valence-electron chi connectivity index (χ1n) is 5.97. The molecule has 21 heavy (non-hydrogen) atoms. The molecule has 0 amide bonds. The van der Waals surface area contributed by atoms with Crippen molar-refractivity contribution in [3.05, 3.63) is 46.1 Å². The second-order valence-corrected chi connectivity index (χ2v) is 6.69. The Morgan fingerprint density at radius 3 is 2.57 bits per heavy atom. The minimum Gasteiger partial charge on any atom is -0.372 e. The van der Waals surface area contributed by atoms with E-state index in [1.54, 1.807) is 26.1 Å². The van der Waals surface area contributed by atoms with Crippen LogP contribution in [0.2, 0.25) is 10.0 Å². The molecule has 0 bridgehead atoms. The summed E-state index contributed by atoms with van der Waals surface area (Å²) in [5.74, 6) is 0.241. The predicted octanol–water partition coefficient (Wildman–Crippen LogP) is 3.54. The lowest BCUT2D eigenvalue weighted by molar-refractivity contribution is 0.601. The number of sulfonamides is 1. The van der Waals surface area contributed by atoms with E-state index < -0.39 is 10.0 Å². The molecule has 2 aromatic rings. The number of nitrogens with one attached hydrogen (secondary N) is 2. The van der Waals surface area contributed by atoms with Gasteiger partial charge in [-0.3, -0.25) is 4.72 Å². The molecule has 8 heteroatoms. The first-order chi connectivity index (χ1) is 9.86. The third-order valence-corrected chi connectivity index (χ3v) is 5.00. The van der Waals surface area contributed by atoms with Crippen LogP contribution in [0.15, 0.2) is 35.4 Å². The highest BCUT2D eigenvalue weighted by atomic mass is 35.5. The second-order valence-electron chi connectivity index (χ2n) is 4.26. The van der Waals surface area contributed by atoms with E-state index in [4.69, 9.17) is 23.2 Å². The molecule has 0 aliphatic heterocycles. The number of pyridine rings is 1. The molecule has 2 rings (SSSR count). The molecule has 0 saturated carbocycles. The minimum atomic E-state index is -3.86. The maximum atomic E-state index is 12.5. The van der Waals surface area contributed by atoms with Gasteiger partial charge in [0.25, 0.3) is 10.0 Å². The lowest BCUT2D eigenvalue weighted by Crippen LogP contribution is -2.16. The van der Waals surface area contributed by atoms with E-state index in [0.717, 1.165) is 5.56 Å². The number of hydrogen-bond acceptors (Lipinski definition) is 4. The third kappa shape index (κ3) is 3.23. The van der Waals surface area contributed by atoms with Gasteiger partial charge in [-0.2, -0.15) is 0 Å². The Hall–Kier alpha value is -1.50. The highest BCUT2D eigenvalue weighted by molar-refractivity contribution is 7.93. The third-order valence-electron chi connectivity index (χ3n) is 2.82. The minimum absolute atomic E-state index is 0.0149. The molecule has 0 spiro atoms. The fraction of sp³-hybridized carbons (Fsp3) is 0.154. The summed E-state index contributed by atoms with van der Waals surface area (Å²) in [6.45, 7) is 1.76. The highest BCUT2D eigenvalue weighted by Crippen LogP contribution is 2.35. The first kappa shape index (κ1) is 15.9. The normalized spacial score (nSPS) is 11.2. The van der Waals surface area contributed by atoms with E-state index in [1.807, 2.05) is 0 Å². The number of rotatable bonds is 4. The molecule has 1 heterocycles. The van der Waals surface area contributed by atoms with Crippen LogP contribution in [-0.2, 0) is 10.0 Å². The van der Waals surface area contributed by atoms with E-state index in [-0.39, 0.29) is 26.4 Å². The molecular weight excluding hydrogens is 333 g/mol. The van der Waals surface area contributed by atoms with E-state index >= 15 is 0 Å². The lowest BCUT2D eigenvalue weighted by Gasteiger charge is -2.14. The Kier molecular flexibility index (Phi) is 4.61. The predicted molar refractivity (Wildman–Crippen MR) is 85.8 cm³/mol. The molecule has 0 fully saturated rings. The Morgan fingerprint density at radius 1 is 1.19 bits per heavy atom. The van der Waals surface area contributed by atoms with Gasteiger partial charge >= 0.3 is 0 Å². The van der Waals surface area contributed by atoms with Crippen molar-refractivity contribution >= 4 is 44.7 Å². The van der Waals surface area contributed by atoms with Gasteiger partial charge in [0.1, 0.15) is 10.7 Å². The zero-order chi connectivity index (χ0) is 15.6. The largest absolute Gasteiger partial charge is 0.372 e. The van der Waals surface area contributed by atoms with Crippen LogP contribution in [0.5, 0.6) is 0 Å². The van der Waals surface area contributed by atoms with Crippen LogP contribution in [0.25, 0.3) is 0 Å². The molecule has 2 N–H and O–H groups in total. The fourth-order valence-electron chi connectivity index (χ4n) is 1.73. The molecule has 0 aliphatic rings. The molecule has 0 unspecified atom stereocenters. The maximum absolute atomic E-state index is 12.5. The van der Waals surface area contributed by atoms with Gasteiger partial charge in [0.05, 0.1) is 15.7 Å². The molecular formula is C13H13Cl2N3O2S. The number of halogens is 2. The molecule has 1 aromatic carbocycles. The summed E-state index contributed by atoms with van der Waals surface area (Å²) in [5.41, 5.74) is 0.878. The van der Waals surface area contributed by atoms with Crippen LogP contribution in [0.4, 0.5) is 11.5 Å². The summed E-state index contributed by atoms with van der Waals surface area (Å²) in [7, 11) is -2.27. The van der Waals surface area contributed by atoms with Crippen molar-refractivity contribution in [1.82, 2.24) is 4.98 Å². The summed E-state index contributed by atoms with van der Waals surface area (Å²) in [6, 6.07) is 6.28. The molecule has 1 aromatic heterocycles. The molecule has 0 saturated heterocycles. The average molecular weight is 346 g/mol. The number of benzene rings is 1. The number of aryl methyl sites for hydroxylation is 1. The van der Waals surface area contributed by atoms with Gasteiger partial charge < -0.3 is 5.32 Å². The molecule has 0 radical (unpaired) electrons. The molecule has 5 nitrogen and oxygen atoms in total. The topological polar surface area (TPSA) is 71.1 Å². The van der Waals surface area contributed by atoms with Gasteiger partial charge in [0.15, 0.2) is 0 Å². The van der Waals surface area contributed by atoms with Crippen molar-refractivity contribution in [2.24, 2.45) is 0 Å². The van der Waals surface area contributed by atoms with Crippen molar-refractivity contribution in [1.29, 1.82) is 0 Å². The Labute approximate surface area is 133 Å². The zero-order valence-electron chi connectivity index (χ0n) is 11.3. The summed E-state index contributed by atoms with van der Waals surface area (Å²) >= 11 is 12.1. The zero-order valence-corrected chi connectivity index (χ0v) is 13.6. The lowest BCUT2D eigenvalue weighted by atomic mass is 10.2. The van der Waals surface area contributed by atoms with Crippen molar-refractivity contribution in [2.45, 2.75) is 11.8 Å². The number of anilines is 2. The quantitative estimate of drug-likeness (QED) is 0.888. The fourth-order valence-corrected chi connectivity index (χ4v) is 3.57. The highest BCUT2D eigenvalue weighted by Gasteiger charge is 2.22. The van der Waals surface area contributed by atoms with Crippen molar-refractivity contribution in [3.8, 4) is 0 Å². The Balaban J connectivity index is 2.50. The van der Waals surface area contributed by atoms with Gasteiger partial charge in [-0.05, 0) is 30.7 Å². The standard InChI is InChI=1S/C13H13Cl2N3O2S/c1-8-5-6-9(14)12(11(8)15)18-21(19,20)10-4-3-7-17-13(10)16-2/h3-7,18H,1-2H3,(H,16,17). The number of nitrogens with zero attached hydrogens (tertiary/aromatic N) is 1. The van der Waals surface area contributed by atoms with Crippen molar-refractivity contribution in [3.63, 3.8) is 0 Å². The van der Waals surface area contributed by atoms with Crippen LogP contribution in [0, 0.1) is 6.92 Å². The summed E-state index contributed by atoms with van der Waals surface area (Å²) in [6.07, 6.45) is 1.50. The summed E-state index contributed by atoms with van der Waals surface area (Å²) in [5, 5.41) is 3.22. The number of aromatic nitrogens is 1. The van der Waals surface area contributed by atoms with Crippen LogP contribution < -0.4 is 10.0 Å². The summed E-state index contributed by atoms with van der Waals surface area (Å²) < 4.78 is 27.4. The van der Waals surface area contributed by atoms with E-state index in [2.05, 4.69) is 15.0 Å². The Morgan fingerprint density at radius 2 is 1.90 bits per heavy atom. The van der Waals surface area contributed by atoms with Gasteiger partial charge in [-0.15, -0.1) is 0 Å². The van der Waals surface area contributed by atoms with Crippen LogP contribution >= 0.6 is 23.2 Å². The van der Waals surface area contributed by atoms with Crippen LogP contribution in [-0.4, -0.2) is 20.4 Å². The van der Waals surface area contributed by atoms with Gasteiger partial charge in [-0.25, -0.2) is 13.4 Å². The average Bonchev–Trinajstić information content (AvgIpc) is 2.47. The second kappa shape index (κ2) is 6.09. The maximum Gasteiger partial charge on any atom is 0.265 e.